The van der Waals surface area contributed by atoms with Crippen molar-refractivity contribution in [1.29, 1.82) is 0 Å². The molecule has 0 bridgehead atoms. The fraction of sp³-hybridized carbons (Fsp3) is 0.615. The number of aromatic nitrogens is 1. The Morgan fingerprint density at radius 3 is 2.88 bits per heavy atom. The Balaban J connectivity index is 2.22. The zero-order chi connectivity index (χ0) is 12.5. The van der Waals surface area contributed by atoms with Gasteiger partial charge in [-0.1, -0.05) is 22.0 Å². The Bertz CT molecular complexity index is 406. The summed E-state index contributed by atoms with van der Waals surface area (Å²) in [5.74, 6) is 2.34. The van der Waals surface area contributed by atoms with Gasteiger partial charge in [-0.3, -0.25) is 0 Å². The molecule has 1 fully saturated rings. The van der Waals surface area contributed by atoms with E-state index in [1.807, 2.05) is 6.20 Å². The Hall–Kier alpha value is -0.220. The van der Waals surface area contributed by atoms with Gasteiger partial charge in [-0.2, -0.15) is 11.8 Å². The minimum atomic E-state index is 0.334. The predicted octanol–water partition coefficient (Wildman–Crippen LogP) is 3.62. The van der Waals surface area contributed by atoms with E-state index in [1.54, 1.807) is 0 Å². The molecule has 2 nitrogen and oxygen atoms in total. The van der Waals surface area contributed by atoms with E-state index in [2.05, 4.69) is 64.4 Å². The molecule has 0 saturated carbocycles. The van der Waals surface area contributed by atoms with Gasteiger partial charge in [0, 0.05) is 35.1 Å². The lowest BCUT2D eigenvalue weighted by molar-refractivity contribution is 0.641. The fourth-order valence-electron chi connectivity index (χ4n) is 2.23. The van der Waals surface area contributed by atoms with Crippen LogP contribution in [0.5, 0.6) is 0 Å². The molecule has 17 heavy (non-hydrogen) atoms. The molecule has 0 radical (unpaired) electrons. The van der Waals surface area contributed by atoms with Gasteiger partial charge >= 0.3 is 0 Å². The summed E-state index contributed by atoms with van der Waals surface area (Å²) in [6.07, 6.45) is 1.98. The molecule has 1 aliphatic rings. The van der Waals surface area contributed by atoms with E-state index >= 15 is 0 Å². The molecule has 2 heterocycles. The lowest BCUT2D eigenvalue weighted by Gasteiger charge is -2.38. The molecule has 0 aliphatic carbocycles. The molecule has 94 valence electrons. The zero-order valence-electron chi connectivity index (χ0n) is 10.7. The molecule has 0 amide bonds. The van der Waals surface area contributed by atoms with Gasteiger partial charge in [0.05, 0.1) is 0 Å². The van der Waals surface area contributed by atoms with E-state index in [9.17, 15) is 0 Å². The van der Waals surface area contributed by atoms with Crippen molar-refractivity contribution in [3.63, 3.8) is 0 Å². The van der Waals surface area contributed by atoms with Crippen LogP contribution in [0.4, 0.5) is 5.82 Å². The third kappa shape index (κ3) is 3.16. The molecule has 1 aliphatic heterocycles. The second-order valence-corrected chi connectivity index (χ2v) is 7.51. The number of anilines is 1. The summed E-state index contributed by atoms with van der Waals surface area (Å²) in [5.41, 5.74) is 2.53. The number of hydrogen-bond donors (Lipinski definition) is 0. The van der Waals surface area contributed by atoms with E-state index in [0.29, 0.717) is 4.75 Å². The van der Waals surface area contributed by atoms with Gasteiger partial charge in [0.1, 0.15) is 5.82 Å². The molecule has 0 aromatic carbocycles. The van der Waals surface area contributed by atoms with Gasteiger partial charge in [-0.05, 0) is 31.9 Å². The summed E-state index contributed by atoms with van der Waals surface area (Å²) in [6, 6.07) is 2.23. The van der Waals surface area contributed by atoms with Gasteiger partial charge in [-0.15, -0.1) is 0 Å². The van der Waals surface area contributed by atoms with Crippen molar-refractivity contribution < 1.29 is 0 Å². The lowest BCUT2D eigenvalue weighted by Crippen LogP contribution is -2.43. The second kappa shape index (κ2) is 5.19. The standard InChI is InChI=1S/C13H19BrN2S/c1-10-6-11(7-14)8-15-12(10)16-4-5-17-13(2,3)9-16/h6,8H,4-5,7,9H2,1-3H3. The number of aryl methyl sites for hydroxylation is 1. The number of halogens is 1. The number of alkyl halides is 1. The van der Waals surface area contributed by atoms with Crippen molar-refractivity contribution in [3.8, 4) is 0 Å². The van der Waals surface area contributed by atoms with Crippen LogP contribution in [-0.2, 0) is 5.33 Å². The molecule has 0 atom stereocenters. The van der Waals surface area contributed by atoms with Crippen molar-refractivity contribution in [3.05, 3.63) is 23.4 Å². The smallest absolute Gasteiger partial charge is 0.131 e. The van der Waals surface area contributed by atoms with Gasteiger partial charge < -0.3 is 4.90 Å². The minimum absolute atomic E-state index is 0.334. The summed E-state index contributed by atoms with van der Waals surface area (Å²) in [4.78, 5) is 7.05. The van der Waals surface area contributed by atoms with Gasteiger partial charge in [-0.25, -0.2) is 4.98 Å². The topological polar surface area (TPSA) is 16.1 Å². The Kier molecular flexibility index (Phi) is 4.03. The first-order chi connectivity index (χ1) is 8.02. The average Bonchev–Trinajstić information content (AvgIpc) is 2.27. The maximum atomic E-state index is 4.62. The SMILES string of the molecule is Cc1cc(CBr)cnc1N1CCSC(C)(C)C1. The highest BCUT2D eigenvalue weighted by atomic mass is 79.9. The van der Waals surface area contributed by atoms with Crippen molar-refractivity contribution in [2.45, 2.75) is 30.8 Å². The Morgan fingerprint density at radius 2 is 2.29 bits per heavy atom. The van der Waals surface area contributed by atoms with Crippen LogP contribution in [0, 0.1) is 6.92 Å². The summed E-state index contributed by atoms with van der Waals surface area (Å²) in [5, 5.41) is 0.877. The van der Waals surface area contributed by atoms with Crippen LogP contribution in [0.15, 0.2) is 12.3 Å². The molecule has 4 heteroatoms. The molecule has 0 unspecified atom stereocenters. The highest BCUT2D eigenvalue weighted by Crippen LogP contribution is 2.32. The Morgan fingerprint density at radius 1 is 1.53 bits per heavy atom. The Labute approximate surface area is 116 Å². The number of hydrogen-bond acceptors (Lipinski definition) is 3. The monoisotopic (exact) mass is 314 g/mol. The first-order valence-electron chi connectivity index (χ1n) is 5.92. The average molecular weight is 315 g/mol. The second-order valence-electron chi connectivity index (χ2n) is 5.15. The molecule has 1 saturated heterocycles. The molecule has 1 aromatic rings. The summed E-state index contributed by atoms with van der Waals surface area (Å²) in [6.45, 7) is 8.97. The van der Waals surface area contributed by atoms with Crippen LogP contribution < -0.4 is 4.90 Å². The third-order valence-corrected chi connectivity index (χ3v) is 4.93. The van der Waals surface area contributed by atoms with Crippen LogP contribution >= 0.6 is 27.7 Å². The highest BCUT2D eigenvalue weighted by Gasteiger charge is 2.28. The molecule has 0 spiro atoms. The number of rotatable bonds is 2. The molecular weight excluding hydrogens is 296 g/mol. The lowest BCUT2D eigenvalue weighted by atomic mass is 10.1. The van der Waals surface area contributed by atoms with Gasteiger partial charge in [0.2, 0.25) is 0 Å². The minimum Gasteiger partial charge on any atom is -0.354 e. The van der Waals surface area contributed by atoms with Crippen molar-refractivity contribution in [1.82, 2.24) is 4.98 Å². The van der Waals surface area contributed by atoms with Crippen LogP contribution in [0.25, 0.3) is 0 Å². The molecular formula is C13H19BrN2S. The number of nitrogens with zero attached hydrogens (tertiary/aromatic N) is 2. The van der Waals surface area contributed by atoms with E-state index < -0.39 is 0 Å². The number of thioether (sulfide) groups is 1. The van der Waals surface area contributed by atoms with E-state index in [0.717, 1.165) is 24.2 Å². The largest absolute Gasteiger partial charge is 0.354 e. The van der Waals surface area contributed by atoms with Crippen molar-refractivity contribution in [2.24, 2.45) is 0 Å². The van der Waals surface area contributed by atoms with Crippen LogP contribution in [-0.4, -0.2) is 28.6 Å². The van der Waals surface area contributed by atoms with Gasteiger partial charge in [0.15, 0.2) is 0 Å². The first-order valence-corrected chi connectivity index (χ1v) is 8.03. The maximum absolute atomic E-state index is 4.62. The molecule has 0 N–H and O–H groups in total. The predicted molar refractivity (Wildman–Crippen MR) is 80.4 cm³/mol. The van der Waals surface area contributed by atoms with Gasteiger partial charge in [0.25, 0.3) is 0 Å². The summed E-state index contributed by atoms with van der Waals surface area (Å²) < 4.78 is 0.334. The van der Waals surface area contributed by atoms with E-state index in [-0.39, 0.29) is 0 Å². The quantitative estimate of drug-likeness (QED) is 0.776. The van der Waals surface area contributed by atoms with Crippen molar-refractivity contribution >= 4 is 33.5 Å². The van der Waals surface area contributed by atoms with Crippen molar-refractivity contribution in [2.75, 3.05) is 23.7 Å². The first kappa shape index (κ1) is 13.2. The number of pyridine rings is 1. The zero-order valence-corrected chi connectivity index (χ0v) is 13.1. The van der Waals surface area contributed by atoms with E-state index in [4.69, 9.17) is 0 Å². The molecule has 1 aromatic heterocycles. The fourth-order valence-corrected chi connectivity index (χ4v) is 3.65. The normalized spacial score (nSPS) is 19.4. The van der Waals surface area contributed by atoms with Crippen LogP contribution in [0.1, 0.15) is 25.0 Å². The highest BCUT2D eigenvalue weighted by molar-refractivity contribution is 9.08. The van der Waals surface area contributed by atoms with Crippen LogP contribution in [0.3, 0.4) is 0 Å². The third-order valence-electron chi connectivity index (χ3n) is 2.99. The summed E-state index contributed by atoms with van der Waals surface area (Å²) in [7, 11) is 0. The molecule has 2 rings (SSSR count). The van der Waals surface area contributed by atoms with E-state index in [1.165, 1.54) is 16.9 Å². The maximum Gasteiger partial charge on any atom is 0.131 e. The van der Waals surface area contributed by atoms with Crippen LogP contribution in [0.2, 0.25) is 0 Å². The summed E-state index contributed by atoms with van der Waals surface area (Å²) >= 11 is 5.53.